The molecule has 2 aromatic rings. The molecule has 1 amide bonds. The van der Waals surface area contributed by atoms with Crippen molar-refractivity contribution >= 4 is 46.9 Å². The predicted octanol–water partition coefficient (Wildman–Crippen LogP) is 3.17. The minimum Gasteiger partial charge on any atom is -0.468 e. The van der Waals surface area contributed by atoms with E-state index in [4.69, 9.17) is 28.2 Å². The molecule has 0 bridgehead atoms. The summed E-state index contributed by atoms with van der Waals surface area (Å²) in [5.41, 5.74) is 1.06. The van der Waals surface area contributed by atoms with E-state index in [2.05, 4.69) is 4.74 Å². The van der Waals surface area contributed by atoms with Gasteiger partial charge in [0.2, 0.25) is 0 Å². The molecule has 1 saturated heterocycles. The average molecular weight is 391 g/mol. The molecule has 1 aromatic carbocycles. The predicted molar refractivity (Wildman–Crippen MR) is 101 cm³/mol. The van der Waals surface area contributed by atoms with Crippen LogP contribution in [0.25, 0.3) is 17.4 Å². The standard InChI is InChI=1S/C18H15ClN2O4S/c1-20-17(23)14(21(18(20)26)10-16(22)24-2)9-13-6-7-15(25-13)11-4-3-5-12(19)8-11/h3-9H,10H2,1-2H3/b14-9+. The molecule has 6 nitrogen and oxygen atoms in total. The van der Waals surface area contributed by atoms with Gasteiger partial charge in [-0.05, 0) is 36.5 Å². The molecule has 0 radical (unpaired) electrons. The SMILES string of the molecule is COC(=O)CN1C(=S)N(C)C(=O)/C1=C\c1ccc(-c2cccc(Cl)c2)o1. The number of nitrogens with zero attached hydrogens (tertiary/aromatic N) is 2. The first kappa shape index (κ1) is 18.2. The van der Waals surface area contributed by atoms with Crippen LogP contribution in [0.4, 0.5) is 0 Å². The highest BCUT2D eigenvalue weighted by atomic mass is 35.5. The van der Waals surface area contributed by atoms with Crippen molar-refractivity contribution in [1.29, 1.82) is 0 Å². The highest BCUT2D eigenvalue weighted by molar-refractivity contribution is 7.80. The van der Waals surface area contributed by atoms with Gasteiger partial charge in [0.1, 0.15) is 23.8 Å². The van der Waals surface area contributed by atoms with E-state index >= 15 is 0 Å². The molecule has 0 N–H and O–H groups in total. The topological polar surface area (TPSA) is 63.0 Å². The lowest BCUT2D eigenvalue weighted by atomic mass is 10.2. The molecule has 0 saturated carbocycles. The molecule has 0 unspecified atom stereocenters. The zero-order valence-corrected chi connectivity index (χ0v) is 15.6. The Hall–Kier alpha value is -2.64. The van der Waals surface area contributed by atoms with Crippen molar-refractivity contribution in [2.45, 2.75) is 0 Å². The van der Waals surface area contributed by atoms with Crippen LogP contribution in [0.5, 0.6) is 0 Å². The van der Waals surface area contributed by atoms with Crippen LogP contribution in [0.15, 0.2) is 46.5 Å². The van der Waals surface area contributed by atoms with Gasteiger partial charge in [0.25, 0.3) is 5.91 Å². The van der Waals surface area contributed by atoms with Crippen LogP contribution in [0.2, 0.25) is 5.02 Å². The molecule has 3 rings (SSSR count). The van der Waals surface area contributed by atoms with Gasteiger partial charge >= 0.3 is 5.97 Å². The maximum Gasteiger partial charge on any atom is 0.325 e. The molecule has 0 atom stereocenters. The second kappa shape index (κ2) is 7.31. The van der Waals surface area contributed by atoms with E-state index in [1.54, 1.807) is 37.4 Å². The summed E-state index contributed by atoms with van der Waals surface area (Å²) in [5.74, 6) is 0.247. The lowest BCUT2D eigenvalue weighted by Crippen LogP contribution is -2.33. The van der Waals surface area contributed by atoms with Crippen molar-refractivity contribution in [1.82, 2.24) is 9.80 Å². The summed E-state index contributed by atoms with van der Waals surface area (Å²) in [6.07, 6.45) is 1.55. The number of halogens is 1. The van der Waals surface area contributed by atoms with Crippen LogP contribution in [-0.2, 0) is 14.3 Å². The average Bonchev–Trinajstić information content (AvgIpc) is 3.17. The Labute approximate surface area is 160 Å². The Morgan fingerprint density at radius 3 is 2.81 bits per heavy atom. The number of hydrogen-bond acceptors (Lipinski definition) is 5. The van der Waals surface area contributed by atoms with Gasteiger partial charge in [-0.1, -0.05) is 23.7 Å². The van der Waals surface area contributed by atoms with Crippen LogP contribution in [-0.4, -0.2) is 47.5 Å². The Morgan fingerprint density at radius 2 is 2.12 bits per heavy atom. The maximum atomic E-state index is 12.4. The second-order valence-corrected chi connectivity index (χ2v) is 6.35. The van der Waals surface area contributed by atoms with E-state index in [1.807, 2.05) is 12.1 Å². The normalized spacial score (nSPS) is 15.9. The van der Waals surface area contributed by atoms with Crippen molar-refractivity contribution in [3.63, 3.8) is 0 Å². The fourth-order valence-electron chi connectivity index (χ4n) is 2.51. The molecule has 1 aliphatic heterocycles. The van der Waals surface area contributed by atoms with E-state index in [-0.39, 0.29) is 23.3 Å². The highest BCUT2D eigenvalue weighted by Crippen LogP contribution is 2.28. The summed E-state index contributed by atoms with van der Waals surface area (Å²) >= 11 is 11.2. The third-order valence-corrected chi connectivity index (χ3v) is 4.59. The summed E-state index contributed by atoms with van der Waals surface area (Å²) in [7, 11) is 2.83. The maximum absolute atomic E-state index is 12.4. The van der Waals surface area contributed by atoms with Crippen LogP contribution >= 0.6 is 23.8 Å². The van der Waals surface area contributed by atoms with Crippen molar-refractivity contribution in [3.8, 4) is 11.3 Å². The number of hydrogen-bond donors (Lipinski definition) is 0. The number of rotatable bonds is 4. The van der Waals surface area contributed by atoms with Crippen LogP contribution < -0.4 is 0 Å². The van der Waals surface area contributed by atoms with Crippen molar-refractivity contribution in [3.05, 3.63) is 52.9 Å². The third kappa shape index (κ3) is 3.49. The zero-order valence-electron chi connectivity index (χ0n) is 14.1. The summed E-state index contributed by atoms with van der Waals surface area (Å²) in [6, 6.07) is 10.8. The van der Waals surface area contributed by atoms with Gasteiger partial charge in [0.05, 0.1) is 7.11 Å². The van der Waals surface area contributed by atoms with Gasteiger partial charge in [0.15, 0.2) is 5.11 Å². The molecule has 1 aromatic heterocycles. The van der Waals surface area contributed by atoms with Gasteiger partial charge in [-0.2, -0.15) is 0 Å². The van der Waals surface area contributed by atoms with E-state index in [9.17, 15) is 9.59 Å². The molecule has 1 aliphatic rings. The lowest BCUT2D eigenvalue weighted by molar-refractivity contribution is -0.140. The number of thiocarbonyl (C=S) groups is 1. The number of ether oxygens (including phenoxy) is 1. The minimum atomic E-state index is -0.500. The smallest absolute Gasteiger partial charge is 0.325 e. The van der Waals surface area contributed by atoms with Gasteiger partial charge in [-0.25, -0.2) is 0 Å². The van der Waals surface area contributed by atoms with Crippen molar-refractivity contribution in [2.24, 2.45) is 0 Å². The second-order valence-electron chi connectivity index (χ2n) is 5.55. The van der Waals surface area contributed by atoms with E-state index < -0.39 is 5.97 Å². The van der Waals surface area contributed by atoms with Gasteiger partial charge < -0.3 is 14.1 Å². The Balaban J connectivity index is 1.93. The summed E-state index contributed by atoms with van der Waals surface area (Å²) in [6.45, 7) is -0.154. The van der Waals surface area contributed by atoms with Crippen molar-refractivity contribution in [2.75, 3.05) is 20.7 Å². The van der Waals surface area contributed by atoms with E-state index in [1.165, 1.54) is 16.9 Å². The monoisotopic (exact) mass is 390 g/mol. The van der Waals surface area contributed by atoms with E-state index in [0.29, 0.717) is 16.5 Å². The number of amides is 1. The third-order valence-electron chi connectivity index (χ3n) is 3.86. The number of benzene rings is 1. The molecule has 0 spiro atoms. The first-order chi connectivity index (χ1) is 12.4. The molecule has 0 aliphatic carbocycles. The molecular weight excluding hydrogens is 376 g/mol. The molecule has 134 valence electrons. The summed E-state index contributed by atoms with van der Waals surface area (Å²) in [4.78, 5) is 26.8. The lowest BCUT2D eigenvalue weighted by Gasteiger charge is -2.16. The van der Waals surface area contributed by atoms with Crippen LogP contribution in [0, 0.1) is 0 Å². The first-order valence-corrected chi connectivity index (χ1v) is 8.43. The minimum absolute atomic E-state index is 0.154. The zero-order chi connectivity index (χ0) is 18.8. The van der Waals surface area contributed by atoms with Crippen LogP contribution in [0.3, 0.4) is 0 Å². The molecule has 2 heterocycles. The number of esters is 1. The largest absolute Gasteiger partial charge is 0.468 e. The van der Waals surface area contributed by atoms with E-state index in [0.717, 1.165) is 5.56 Å². The molecule has 8 heteroatoms. The quantitative estimate of drug-likeness (QED) is 0.454. The van der Waals surface area contributed by atoms with Crippen molar-refractivity contribution < 1.29 is 18.7 Å². The van der Waals surface area contributed by atoms with Gasteiger partial charge in [-0.15, -0.1) is 0 Å². The number of likely N-dealkylation sites (N-methyl/N-ethyl adjacent to an activating group) is 1. The Kier molecular flexibility index (Phi) is 5.11. The molecular formula is C18H15ClN2O4S. The summed E-state index contributed by atoms with van der Waals surface area (Å²) in [5, 5.41) is 0.828. The summed E-state index contributed by atoms with van der Waals surface area (Å²) < 4.78 is 10.5. The van der Waals surface area contributed by atoms with Gasteiger partial charge in [-0.3, -0.25) is 14.5 Å². The number of carbonyl (C=O) groups excluding carboxylic acids is 2. The number of methoxy groups -OCH3 is 1. The Bertz CT molecular complexity index is 921. The fraction of sp³-hybridized carbons (Fsp3) is 0.167. The Morgan fingerprint density at radius 1 is 1.35 bits per heavy atom. The number of furan rings is 1. The van der Waals surface area contributed by atoms with Gasteiger partial charge in [0, 0.05) is 23.7 Å². The first-order valence-electron chi connectivity index (χ1n) is 7.64. The molecule has 26 heavy (non-hydrogen) atoms. The molecule has 1 fully saturated rings. The number of carbonyl (C=O) groups is 2. The fourth-order valence-corrected chi connectivity index (χ4v) is 2.94. The van der Waals surface area contributed by atoms with Crippen LogP contribution in [0.1, 0.15) is 5.76 Å². The highest BCUT2D eigenvalue weighted by Gasteiger charge is 2.37.